The van der Waals surface area contributed by atoms with Crippen LogP contribution in [0.3, 0.4) is 0 Å². The molecule has 1 aliphatic rings. The molecule has 3 aromatic carbocycles. The Morgan fingerprint density at radius 2 is 1.63 bits per heavy atom. The minimum atomic E-state index is -0.670. The van der Waals surface area contributed by atoms with Crippen LogP contribution in [0.4, 0.5) is 21.7 Å². The van der Waals surface area contributed by atoms with E-state index in [9.17, 15) is 9.50 Å². The highest BCUT2D eigenvalue weighted by Crippen LogP contribution is 2.30. The number of hydrogen-bond acceptors (Lipinski definition) is 6. The van der Waals surface area contributed by atoms with Gasteiger partial charge in [0.1, 0.15) is 5.82 Å². The van der Waals surface area contributed by atoms with Crippen molar-refractivity contribution in [2.24, 2.45) is 0 Å². The van der Waals surface area contributed by atoms with Gasteiger partial charge in [0.15, 0.2) is 0 Å². The van der Waals surface area contributed by atoms with Crippen LogP contribution < -0.4 is 10.2 Å². The lowest BCUT2D eigenvalue weighted by Gasteiger charge is -2.38. The molecule has 35 heavy (non-hydrogen) atoms. The Morgan fingerprint density at radius 1 is 0.914 bits per heavy atom. The quantitative estimate of drug-likeness (QED) is 0.409. The predicted molar refractivity (Wildman–Crippen MR) is 140 cm³/mol. The second kappa shape index (κ2) is 9.60. The summed E-state index contributed by atoms with van der Waals surface area (Å²) in [6, 6.07) is 20.7. The third kappa shape index (κ3) is 5.42. The van der Waals surface area contributed by atoms with Gasteiger partial charge < -0.3 is 15.3 Å². The fourth-order valence-corrected chi connectivity index (χ4v) is 4.61. The largest absolute Gasteiger partial charge is 0.389 e. The van der Waals surface area contributed by atoms with Gasteiger partial charge in [-0.3, -0.25) is 4.90 Å². The summed E-state index contributed by atoms with van der Waals surface area (Å²) in [5, 5.41) is 14.2. The normalized spacial score (nSPS) is 14.9. The van der Waals surface area contributed by atoms with Crippen LogP contribution in [0.25, 0.3) is 22.0 Å². The summed E-state index contributed by atoms with van der Waals surface area (Å²) in [4.78, 5) is 13.8. The summed E-state index contributed by atoms with van der Waals surface area (Å²) in [6.07, 6.45) is 1.76. The Balaban J connectivity index is 1.30. The Kier molecular flexibility index (Phi) is 6.36. The monoisotopic (exact) mass is 471 g/mol. The van der Waals surface area contributed by atoms with Gasteiger partial charge in [-0.05, 0) is 44.2 Å². The first-order valence-electron chi connectivity index (χ1n) is 11.9. The lowest BCUT2D eigenvalue weighted by atomic mass is 10.0. The molecular weight excluding hydrogens is 441 g/mol. The van der Waals surface area contributed by atoms with Gasteiger partial charge in [-0.15, -0.1) is 0 Å². The third-order valence-corrected chi connectivity index (χ3v) is 6.25. The van der Waals surface area contributed by atoms with Gasteiger partial charge in [0.05, 0.1) is 11.1 Å². The molecule has 1 aliphatic heterocycles. The van der Waals surface area contributed by atoms with Crippen molar-refractivity contribution in [1.29, 1.82) is 0 Å². The molecule has 0 bridgehead atoms. The van der Waals surface area contributed by atoms with Gasteiger partial charge in [0.25, 0.3) is 0 Å². The second-order valence-electron chi connectivity index (χ2n) is 9.66. The van der Waals surface area contributed by atoms with Gasteiger partial charge in [-0.2, -0.15) is 0 Å². The van der Waals surface area contributed by atoms with E-state index in [0.29, 0.717) is 23.6 Å². The standard InChI is InChI=1S/C28H30FN5O/c1-28(2,35)19-33-14-16-34(17-15-33)22-12-10-21(11-13-22)31-27-30-18-20-6-5-8-24(26(20)32-27)23-7-3-4-9-25(23)29/h3-13,18,35H,14-17,19H2,1-2H3,(H,30,31,32). The summed E-state index contributed by atoms with van der Waals surface area (Å²) in [5.41, 5.74) is 3.35. The van der Waals surface area contributed by atoms with Crippen molar-refractivity contribution in [2.45, 2.75) is 19.4 Å². The molecule has 0 spiro atoms. The number of anilines is 3. The summed E-state index contributed by atoms with van der Waals surface area (Å²) in [5.74, 6) is 0.193. The molecule has 1 saturated heterocycles. The lowest BCUT2D eigenvalue weighted by Crippen LogP contribution is -2.50. The summed E-state index contributed by atoms with van der Waals surface area (Å²) in [7, 11) is 0. The van der Waals surface area contributed by atoms with Gasteiger partial charge in [0, 0.05) is 66.8 Å². The van der Waals surface area contributed by atoms with Crippen LogP contribution in [-0.4, -0.2) is 58.3 Å². The number of piperazine rings is 1. The fourth-order valence-electron chi connectivity index (χ4n) is 4.61. The third-order valence-electron chi connectivity index (χ3n) is 6.25. The van der Waals surface area contributed by atoms with E-state index in [1.54, 1.807) is 18.3 Å². The zero-order valence-electron chi connectivity index (χ0n) is 20.1. The van der Waals surface area contributed by atoms with Crippen LogP contribution in [0.1, 0.15) is 13.8 Å². The van der Waals surface area contributed by atoms with Crippen LogP contribution in [0, 0.1) is 5.82 Å². The molecule has 4 aromatic rings. The molecule has 180 valence electrons. The van der Waals surface area contributed by atoms with E-state index in [2.05, 4.69) is 32.2 Å². The SMILES string of the molecule is CC(C)(O)CN1CCN(c2ccc(Nc3ncc4cccc(-c5ccccc5F)c4n3)cc2)CC1. The number of nitrogens with one attached hydrogen (secondary N) is 1. The number of hydrogen-bond donors (Lipinski definition) is 2. The van der Waals surface area contributed by atoms with Crippen molar-refractivity contribution in [3.63, 3.8) is 0 Å². The minimum Gasteiger partial charge on any atom is -0.389 e. The van der Waals surface area contributed by atoms with E-state index in [0.717, 1.165) is 42.8 Å². The van der Waals surface area contributed by atoms with Crippen molar-refractivity contribution >= 4 is 28.2 Å². The van der Waals surface area contributed by atoms with Crippen molar-refractivity contribution in [1.82, 2.24) is 14.9 Å². The average Bonchev–Trinajstić information content (AvgIpc) is 2.84. The van der Waals surface area contributed by atoms with E-state index in [1.165, 1.54) is 11.8 Å². The number of aromatic nitrogens is 2. The number of nitrogens with zero attached hydrogens (tertiary/aromatic N) is 4. The zero-order valence-corrected chi connectivity index (χ0v) is 20.1. The summed E-state index contributed by atoms with van der Waals surface area (Å²) in [6.45, 7) is 8.10. The predicted octanol–water partition coefficient (Wildman–Crippen LogP) is 5.07. The molecule has 7 heteroatoms. The summed E-state index contributed by atoms with van der Waals surface area (Å²) >= 11 is 0. The average molecular weight is 472 g/mol. The highest BCUT2D eigenvalue weighted by atomic mass is 19.1. The minimum absolute atomic E-state index is 0.274. The first kappa shape index (κ1) is 23.2. The number of benzene rings is 3. The van der Waals surface area contributed by atoms with Crippen molar-refractivity contribution < 1.29 is 9.50 Å². The van der Waals surface area contributed by atoms with E-state index in [-0.39, 0.29) is 5.82 Å². The summed E-state index contributed by atoms with van der Waals surface area (Å²) < 4.78 is 14.5. The molecule has 0 atom stereocenters. The molecule has 0 amide bonds. The van der Waals surface area contributed by atoms with E-state index in [1.807, 2.05) is 50.2 Å². The molecule has 0 saturated carbocycles. The molecule has 1 fully saturated rings. The number of para-hydroxylation sites is 1. The highest BCUT2D eigenvalue weighted by Gasteiger charge is 2.22. The highest BCUT2D eigenvalue weighted by molar-refractivity contribution is 5.94. The number of halogens is 1. The van der Waals surface area contributed by atoms with E-state index < -0.39 is 5.60 Å². The Morgan fingerprint density at radius 3 is 2.34 bits per heavy atom. The topological polar surface area (TPSA) is 64.5 Å². The van der Waals surface area contributed by atoms with Gasteiger partial charge in [-0.1, -0.05) is 36.4 Å². The Labute approximate surface area is 205 Å². The molecular formula is C28H30FN5O. The van der Waals surface area contributed by atoms with E-state index >= 15 is 0 Å². The van der Waals surface area contributed by atoms with Gasteiger partial charge >= 0.3 is 0 Å². The van der Waals surface area contributed by atoms with Gasteiger partial charge in [-0.25, -0.2) is 14.4 Å². The van der Waals surface area contributed by atoms with Crippen molar-refractivity contribution in [3.8, 4) is 11.1 Å². The van der Waals surface area contributed by atoms with Crippen molar-refractivity contribution in [2.75, 3.05) is 42.9 Å². The maximum atomic E-state index is 14.5. The van der Waals surface area contributed by atoms with Crippen LogP contribution in [0.15, 0.2) is 72.9 Å². The maximum Gasteiger partial charge on any atom is 0.227 e. The van der Waals surface area contributed by atoms with Crippen LogP contribution in [0.5, 0.6) is 0 Å². The molecule has 0 radical (unpaired) electrons. The maximum absolute atomic E-state index is 14.5. The molecule has 5 rings (SSSR count). The van der Waals surface area contributed by atoms with Crippen LogP contribution >= 0.6 is 0 Å². The first-order chi connectivity index (χ1) is 16.9. The first-order valence-corrected chi connectivity index (χ1v) is 11.9. The molecule has 2 N–H and O–H groups in total. The number of rotatable bonds is 6. The molecule has 0 aliphatic carbocycles. The molecule has 2 heterocycles. The number of β-amino-alcohol motifs (C(OH)–C–C–N with tert-alkyl or cyclic N) is 1. The van der Waals surface area contributed by atoms with Gasteiger partial charge in [0.2, 0.25) is 5.95 Å². The second-order valence-corrected chi connectivity index (χ2v) is 9.66. The van der Waals surface area contributed by atoms with Crippen LogP contribution in [0.2, 0.25) is 0 Å². The zero-order chi connectivity index (χ0) is 24.4. The number of aliphatic hydroxyl groups is 1. The lowest BCUT2D eigenvalue weighted by molar-refractivity contribution is 0.0345. The Bertz CT molecular complexity index is 1310. The molecule has 6 nitrogen and oxygen atoms in total. The Hall–Kier alpha value is -3.55. The smallest absolute Gasteiger partial charge is 0.227 e. The molecule has 1 aromatic heterocycles. The molecule has 0 unspecified atom stereocenters. The van der Waals surface area contributed by atoms with Crippen LogP contribution in [-0.2, 0) is 0 Å². The number of fused-ring (bicyclic) bond motifs is 1. The van der Waals surface area contributed by atoms with E-state index in [4.69, 9.17) is 4.98 Å². The fraction of sp³-hybridized carbons (Fsp3) is 0.286. The van der Waals surface area contributed by atoms with Crippen molar-refractivity contribution in [3.05, 3.63) is 78.7 Å².